The Morgan fingerprint density at radius 3 is 2.41 bits per heavy atom. The van der Waals surface area contributed by atoms with Gasteiger partial charge in [-0.3, -0.25) is 0 Å². The standard InChI is InChI=1S/C26H23FN2O3/c1-30-24-9-8-19(12-25(24)31-2)13-26-28-11-10-23(29-26)20-14-21(27)16-22(15-20)32-17-18-6-4-3-5-7-18/h3-12,14-16H,13,17H2,1-2H3. The molecule has 0 radical (unpaired) electrons. The van der Waals surface area contributed by atoms with Gasteiger partial charge in [-0.25, -0.2) is 14.4 Å². The smallest absolute Gasteiger partial charge is 0.161 e. The fraction of sp³-hybridized carbons (Fsp3) is 0.154. The van der Waals surface area contributed by atoms with Gasteiger partial charge in [0.25, 0.3) is 0 Å². The van der Waals surface area contributed by atoms with Gasteiger partial charge < -0.3 is 14.2 Å². The number of hydrogen-bond donors (Lipinski definition) is 0. The van der Waals surface area contributed by atoms with E-state index in [1.807, 2.05) is 48.5 Å². The minimum Gasteiger partial charge on any atom is -0.493 e. The lowest BCUT2D eigenvalue weighted by molar-refractivity contribution is 0.305. The highest BCUT2D eigenvalue weighted by molar-refractivity contribution is 5.61. The number of rotatable bonds is 8. The SMILES string of the molecule is COc1ccc(Cc2nccc(-c3cc(F)cc(OCc4ccccc4)c3)n2)cc1OC. The van der Waals surface area contributed by atoms with Gasteiger partial charge in [-0.1, -0.05) is 36.4 Å². The van der Waals surface area contributed by atoms with Crippen molar-refractivity contribution < 1.29 is 18.6 Å². The molecule has 1 aromatic heterocycles. The molecule has 0 saturated heterocycles. The molecule has 0 aliphatic rings. The molecule has 0 saturated carbocycles. The molecule has 0 atom stereocenters. The summed E-state index contributed by atoms with van der Waals surface area (Å²) in [5.74, 6) is 1.99. The van der Waals surface area contributed by atoms with Gasteiger partial charge in [-0.15, -0.1) is 0 Å². The molecule has 0 amide bonds. The molecule has 0 bridgehead atoms. The van der Waals surface area contributed by atoms with E-state index in [0.717, 1.165) is 11.1 Å². The molecule has 4 aromatic rings. The maximum atomic E-state index is 14.3. The van der Waals surface area contributed by atoms with Gasteiger partial charge in [0.1, 0.15) is 24.0 Å². The number of nitrogens with zero attached hydrogens (tertiary/aromatic N) is 2. The molecule has 0 fully saturated rings. The third kappa shape index (κ3) is 5.21. The number of benzene rings is 3. The molecular formula is C26H23FN2O3. The van der Waals surface area contributed by atoms with Gasteiger partial charge in [0.05, 0.1) is 19.9 Å². The molecule has 162 valence electrons. The zero-order chi connectivity index (χ0) is 22.3. The van der Waals surface area contributed by atoms with Gasteiger partial charge >= 0.3 is 0 Å². The summed E-state index contributed by atoms with van der Waals surface area (Å²) in [5.41, 5.74) is 3.24. The summed E-state index contributed by atoms with van der Waals surface area (Å²) < 4.78 is 30.7. The highest BCUT2D eigenvalue weighted by Gasteiger charge is 2.10. The van der Waals surface area contributed by atoms with Crippen LogP contribution in [0, 0.1) is 5.82 Å². The second kappa shape index (κ2) is 9.92. The van der Waals surface area contributed by atoms with Crippen molar-refractivity contribution in [1.29, 1.82) is 0 Å². The third-order valence-corrected chi connectivity index (χ3v) is 4.93. The van der Waals surface area contributed by atoms with Crippen molar-refractivity contribution in [2.45, 2.75) is 13.0 Å². The Morgan fingerprint density at radius 2 is 1.62 bits per heavy atom. The number of ether oxygens (including phenoxy) is 3. The summed E-state index contributed by atoms with van der Waals surface area (Å²) in [7, 11) is 3.20. The number of hydrogen-bond acceptors (Lipinski definition) is 5. The van der Waals surface area contributed by atoms with Crippen LogP contribution < -0.4 is 14.2 Å². The zero-order valence-electron chi connectivity index (χ0n) is 17.9. The molecule has 3 aromatic carbocycles. The van der Waals surface area contributed by atoms with Crippen molar-refractivity contribution in [1.82, 2.24) is 9.97 Å². The van der Waals surface area contributed by atoms with Gasteiger partial charge in [0, 0.05) is 24.2 Å². The van der Waals surface area contributed by atoms with Crippen LogP contribution in [0.1, 0.15) is 17.0 Å². The topological polar surface area (TPSA) is 53.5 Å². The Kier molecular flexibility index (Phi) is 6.60. The van der Waals surface area contributed by atoms with Crippen LogP contribution in [0.5, 0.6) is 17.2 Å². The molecule has 1 heterocycles. The predicted molar refractivity (Wildman–Crippen MR) is 121 cm³/mol. The molecule has 0 aliphatic heterocycles. The van der Waals surface area contributed by atoms with Crippen LogP contribution in [0.4, 0.5) is 4.39 Å². The maximum Gasteiger partial charge on any atom is 0.161 e. The van der Waals surface area contributed by atoms with E-state index >= 15 is 0 Å². The van der Waals surface area contributed by atoms with E-state index in [1.54, 1.807) is 32.5 Å². The Balaban J connectivity index is 1.54. The minimum absolute atomic E-state index is 0.359. The van der Waals surface area contributed by atoms with E-state index in [9.17, 15) is 4.39 Å². The fourth-order valence-corrected chi connectivity index (χ4v) is 3.35. The third-order valence-electron chi connectivity index (χ3n) is 4.93. The second-order valence-corrected chi connectivity index (χ2v) is 7.17. The van der Waals surface area contributed by atoms with E-state index < -0.39 is 0 Å². The zero-order valence-corrected chi connectivity index (χ0v) is 17.9. The molecule has 6 heteroatoms. The molecule has 4 rings (SSSR count). The fourth-order valence-electron chi connectivity index (χ4n) is 3.35. The van der Waals surface area contributed by atoms with Crippen molar-refractivity contribution in [3.8, 4) is 28.5 Å². The first-order valence-corrected chi connectivity index (χ1v) is 10.1. The van der Waals surface area contributed by atoms with Gasteiger partial charge in [0.2, 0.25) is 0 Å². The first kappa shape index (κ1) is 21.3. The normalized spacial score (nSPS) is 10.6. The summed E-state index contributed by atoms with van der Waals surface area (Å²) in [6, 6.07) is 21.8. The number of methoxy groups -OCH3 is 2. The lowest BCUT2D eigenvalue weighted by Crippen LogP contribution is -2.00. The van der Waals surface area contributed by atoms with Crippen molar-refractivity contribution >= 4 is 0 Å². The van der Waals surface area contributed by atoms with E-state index in [4.69, 9.17) is 14.2 Å². The van der Waals surface area contributed by atoms with E-state index in [2.05, 4.69) is 9.97 Å². The van der Waals surface area contributed by atoms with Crippen LogP contribution in [0.15, 0.2) is 79.0 Å². The van der Waals surface area contributed by atoms with Gasteiger partial charge in [0.15, 0.2) is 11.5 Å². The van der Waals surface area contributed by atoms with Crippen LogP contribution >= 0.6 is 0 Å². The van der Waals surface area contributed by atoms with E-state index in [0.29, 0.717) is 47.4 Å². The highest BCUT2D eigenvalue weighted by atomic mass is 19.1. The Labute approximate surface area is 186 Å². The Bertz CT molecular complexity index is 1200. The molecular weight excluding hydrogens is 407 g/mol. The van der Waals surface area contributed by atoms with Crippen LogP contribution in [0.3, 0.4) is 0 Å². The average Bonchev–Trinajstić information content (AvgIpc) is 2.83. The van der Waals surface area contributed by atoms with Crippen molar-refractivity contribution in [3.63, 3.8) is 0 Å². The van der Waals surface area contributed by atoms with Crippen molar-refractivity contribution in [2.24, 2.45) is 0 Å². The van der Waals surface area contributed by atoms with E-state index in [1.165, 1.54) is 12.1 Å². The summed E-state index contributed by atoms with van der Waals surface area (Å²) in [4.78, 5) is 9.00. The summed E-state index contributed by atoms with van der Waals surface area (Å²) in [5, 5.41) is 0. The van der Waals surface area contributed by atoms with Gasteiger partial charge in [-0.2, -0.15) is 0 Å². The number of halogens is 1. The maximum absolute atomic E-state index is 14.3. The molecule has 0 N–H and O–H groups in total. The lowest BCUT2D eigenvalue weighted by atomic mass is 10.1. The highest BCUT2D eigenvalue weighted by Crippen LogP contribution is 2.29. The first-order chi connectivity index (χ1) is 15.6. The summed E-state index contributed by atoms with van der Waals surface area (Å²) in [6.07, 6.45) is 2.18. The van der Waals surface area contributed by atoms with Crippen LogP contribution in [0.25, 0.3) is 11.3 Å². The average molecular weight is 430 g/mol. The Hall–Kier alpha value is -3.93. The summed E-state index contributed by atoms with van der Waals surface area (Å²) >= 11 is 0. The Morgan fingerprint density at radius 1 is 0.812 bits per heavy atom. The van der Waals surface area contributed by atoms with Gasteiger partial charge in [-0.05, 0) is 41.5 Å². The van der Waals surface area contributed by atoms with Crippen molar-refractivity contribution in [2.75, 3.05) is 14.2 Å². The molecule has 0 unspecified atom stereocenters. The molecule has 0 aliphatic carbocycles. The van der Waals surface area contributed by atoms with Crippen LogP contribution in [-0.2, 0) is 13.0 Å². The second-order valence-electron chi connectivity index (χ2n) is 7.17. The number of aromatic nitrogens is 2. The van der Waals surface area contributed by atoms with Crippen molar-refractivity contribution in [3.05, 3.63) is 102 Å². The quantitative estimate of drug-likeness (QED) is 0.371. The summed E-state index contributed by atoms with van der Waals surface area (Å²) in [6.45, 7) is 0.359. The van der Waals surface area contributed by atoms with Crippen LogP contribution in [-0.4, -0.2) is 24.2 Å². The molecule has 5 nitrogen and oxygen atoms in total. The van der Waals surface area contributed by atoms with E-state index in [-0.39, 0.29) is 5.82 Å². The monoisotopic (exact) mass is 430 g/mol. The first-order valence-electron chi connectivity index (χ1n) is 10.1. The largest absolute Gasteiger partial charge is 0.493 e. The predicted octanol–water partition coefficient (Wildman–Crippen LogP) is 5.47. The lowest BCUT2D eigenvalue weighted by Gasteiger charge is -2.11. The molecule has 0 spiro atoms. The minimum atomic E-state index is -0.384. The molecule has 32 heavy (non-hydrogen) atoms. The van der Waals surface area contributed by atoms with Crippen LogP contribution in [0.2, 0.25) is 0 Å².